The van der Waals surface area contributed by atoms with Crippen LogP contribution >= 0.6 is 0 Å². The molecule has 8 nitrogen and oxygen atoms in total. The summed E-state index contributed by atoms with van der Waals surface area (Å²) < 4.78 is 1.69. The van der Waals surface area contributed by atoms with Gasteiger partial charge < -0.3 is 10.6 Å². The molecule has 33 heavy (non-hydrogen) atoms. The molecule has 1 aromatic carbocycles. The Kier molecular flexibility index (Phi) is 7.03. The number of nitrogens with zero attached hydrogens (tertiary/aromatic N) is 4. The van der Waals surface area contributed by atoms with E-state index in [0.29, 0.717) is 23.4 Å². The highest BCUT2D eigenvalue weighted by Crippen LogP contribution is 2.23. The van der Waals surface area contributed by atoms with E-state index in [9.17, 15) is 9.59 Å². The first-order valence-electron chi connectivity index (χ1n) is 11.7. The molecule has 1 aliphatic heterocycles. The van der Waals surface area contributed by atoms with Crippen LogP contribution in [0.15, 0.2) is 30.3 Å². The number of carbonyl (C=O) groups excluding carboxylic acids is 2. The van der Waals surface area contributed by atoms with Crippen molar-refractivity contribution in [1.29, 1.82) is 0 Å². The van der Waals surface area contributed by atoms with Crippen LogP contribution in [-0.2, 0) is 11.8 Å². The van der Waals surface area contributed by atoms with Gasteiger partial charge in [0.2, 0.25) is 5.91 Å². The van der Waals surface area contributed by atoms with Crippen molar-refractivity contribution in [2.45, 2.75) is 46.0 Å². The predicted molar refractivity (Wildman–Crippen MR) is 131 cm³/mol. The van der Waals surface area contributed by atoms with Crippen molar-refractivity contribution in [1.82, 2.24) is 19.7 Å². The number of pyridine rings is 1. The van der Waals surface area contributed by atoms with Crippen LogP contribution in [0.1, 0.15) is 53.8 Å². The van der Waals surface area contributed by atoms with Crippen LogP contribution in [0.5, 0.6) is 0 Å². The fraction of sp³-hybridized carbons (Fsp3) is 0.440. The van der Waals surface area contributed by atoms with Gasteiger partial charge in [-0.3, -0.25) is 19.2 Å². The van der Waals surface area contributed by atoms with Crippen LogP contribution in [0.2, 0.25) is 0 Å². The first-order valence-corrected chi connectivity index (χ1v) is 11.7. The largest absolute Gasteiger partial charge is 0.325 e. The lowest BCUT2D eigenvalue weighted by molar-refractivity contribution is -0.117. The molecule has 0 spiro atoms. The summed E-state index contributed by atoms with van der Waals surface area (Å²) in [5.74, 6) is -0.218. The molecule has 2 N–H and O–H groups in total. The molecule has 1 aliphatic rings. The second kappa shape index (κ2) is 10.1. The van der Waals surface area contributed by atoms with Gasteiger partial charge >= 0.3 is 0 Å². The minimum absolute atomic E-state index is 0.00550. The number of amides is 2. The van der Waals surface area contributed by atoms with Crippen LogP contribution in [-0.4, -0.2) is 51.1 Å². The smallest absolute Gasteiger partial charge is 0.256 e. The predicted octanol–water partition coefficient (Wildman–Crippen LogP) is 4.04. The maximum absolute atomic E-state index is 13.0. The molecule has 2 aromatic heterocycles. The summed E-state index contributed by atoms with van der Waals surface area (Å²) in [5, 5.41) is 11.1. The summed E-state index contributed by atoms with van der Waals surface area (Å²) in [7, 11) is 1.82. The Labute approximate surface area is 194 Å². The van der Waals surface area contributed by atoms with E-state index in [1.165, 1.54) is 19.3 Å². The van der Waals surface area contributed by atoms with E-state index < -0.39 is 0 Å². The Hall–Kier alpha value is -3.26. The summed E-state index contributed by atoms with van der Waals surface area (Å²) >= 11 is 0. The van der Waals surface area contributed by atoms with Gasteiger partial charge in [0.15, 0.2) is 5.65 Å². The van der Waals surface area contributed by atoms with Gasteiger partial charge in [0.05, 0.1) is 23.2 Å². The number of aryl methyl sites for hydroxylation is 3. The van der Waals surface area contributed by atoms with Crippen molar-refractivity contribution in [2.24, 2.45) is 7.05 Å². The molecule has 0 aliphatic carbocycles. The van der Waals surface area contributed by atoms with Crippen LogP contribution < -0.4 is 10.6 Å². The van der Waals surface area contributed by atoms with E-state index in [0.717, 1.165) is 48.4 Å². The number of hydrogen-bond acceptors (Lipinski definition) is 5. The standard InChI is InChI=1S/C25H32N6O2/c1-17-15-21(23-18(2)29-30(3)24(23)26-17)25(33)28-20-11-9-19(10-12-20)27-22(32)16-31-13-7-5-4-6-8-14-31/h9-12,15H,4-8,13-14,16H2,1-3H3,(H,27,32)(H,28,33). The second-order valence-corrected chi connectivity index (χ2v) is 8.84. The number of anilines is 2. The first-order chi connectivity index (χ1) is 15.9. The lowest BCUT2D eigenvalue weighted by atomic mass is 10.1. The average molecular weight is 449 g/mol. The van der Waals surface area contributed by atoms with Crippen molar-refractivity contribution < 1.29 is 9.59 Å². The SMILES string of the molecule is Cc1cc(C(=O)Nc2ccc(NC(=O)CN3CCCCCCC3)cc2)c2c(C)nn(C)c2n1. The molecule has 1 saturated heterocycles. The molecule has 174 valence electrons. The Morgan fingerprint density at radius 1 is 0.939 bits per heavy atom. The molecule has 0 radical (unpaired) electrons. The zero-order valence-corrected chi connectivity index (χ0v) is 19.6. The van der Waals surface area contributed by atoms with E-state index in [1.807, 2.05) is 33.0 Å². The Balaban J connectivity index is 1.39. The Morgan fingerprint density at radius 3 is 2.21 bits per heavy atom. The van der Waals surface area contributed by atoms with E-state index in [4.69, 9.17) is 0 Å². The van der Waals surface area contributed by atoms with Gasteiger partial charge in [-0.2, -0.15) is 5.10 Å². The van der Waals surface area contributed by atoms with Gasteiger partial charge in [-0.05, 0) is 70.1 Å². The fourth-order valence-corrected chi connectivity index (χ4v) is 4.46. The first kappa shape index (κ1) is 22.9. The minimum Gasteiger partial charge on any atom is -0.325 e. The molecular formula is C25H32N6O2. The molecule has 3 aromatic rings. The zero-order valence-electron chi connectivity index (χ0n) is 19.6. The zero-order chi connectivity index (χ0) is 23.4. The number of rotatable bonds is 5. The maximum Gasteiger partial charge on any atom is 0.256 e. The summed E-state index contributed by atoms with van der Waals surface area (Å²) in [6, 6.07) is 9.00. The second-order valence-electron chi connectivity index (χ2n) is 8.84. The maximum atomic E-state index is 13.0. The summed E-state index contributed by atoms with van der Waals surface area (Å²) in [4.78, 5) is 32.3. The van der Waals surface area contributed by atoms with Crippen LogP contribution in [0.3, 0.4) is 0 Å². The minimum atomic E-state index is -0.213. The summed E-state index contributed by atoms with van der Waals surface area (Å²) in [6.07, 6.45) is 6.11. The lowest BCUT2D eigenvalue weighted by Gasteiger charge is -2.23. The van der Waals surface area contributed by atoms with Gasteiger partial charge in [-0.1, -0.05) is 19.3 Å². The van der Waals surface area contributed by atoms with Crippen LogP contribution in [0, 0.1) is 13.8 Å². The van der Waals surface area contributed by atoms with Gasteiger partial charge in [-0.15, -0.1) is 0 Å². The van der Waals surface area contributed by atoms with Gasteiger partial charge in [0, 0.05) is 24.1 Å². The van der Waals surface area contributed by atoms with E-state index in [-0.39, 0.29) is 11.8 Å². The molecular weight excluding hydrogens is 416 g/mol. The van der Waals surface area contributed by atoms with Crippen molar-refractivity contribution in [3.05, 3.63) is 47.3 Å². The Bertz CT molecular complexity index is 1140. The molecule has 8 heteroatoms. The Morgan fingerprint density at radius 2 is 1.55 bits per heavy atom. The number of aromatic nitrogens is 3. The molecule has 0 bridgehead atoms. The average Bonchev–Trinajstić information content (AvgIpc) is 3.04. The monoisotopic (exact) mass is 448 g/mol. The van der Waals surface area contributed by atoms with Crippen LogP contribution in [0.25, 0.3) is 11.0 Å². The molecule has 0 saturated carbocycles. The molecule has 0 unspecified atom stereocenters. The molecule has 1 fully saturated rings. The third kappa shape index (κ3) is 5.57. The van der Waals surface area contributed by atoms with Crippen molar-refractivity contribution in [3.63, 3.8) is 0 Å². The number of fused-ring (bicyclic) bond motifs is 1. The van der Waals surface area contributed by atoms with E-state index in [1.54, 1.807) is 22.9 Å². The number of carbonyl (C=O) groups is 2. The molecule has 4 rings (SSSR count). The molecule has 3 heterocycles. The summed E-state index contributed by atoms with van der Waals surface area (Å²) in [6.45, 7) is 6.12. The highest BCUT2D eigenvalue weighted by Gasteiger charge is 2.18. The number of benzene rings is 1. The molecule has 2 amide bonds. The van der Waals surface area contributed by atoms with Gasteiger partial charge in [-0.25, -0.2) is 4.98 Å². The fourth-order valence-electron chi connectivity index (χ4n) is 4.46. The van der Waals surface area contributed by atoms with E-state index >= 15 is 0 Å². The summed E-state index contributed by atoms with van der Waals surface area (Å²) in [5.41, 5.74) is 4.14. The number of likely N-dealkylation sites (tertiary alicyclic amines) is 1. The normalized spacial score (nSPS) is 15.1. The van der Waals surface area contributed by atoms with E-state index in [2.05, 4.69) is 25.6 Å². The van der Waals surface area contributed by atoms with Crippen molar-refractivity contribution in [2.75, 3.05) is 30.3 Å². The lowest BCUT2D eigenvalue weighted by Crippen LogP contribution is -2.35. The van der Waals surface area contributed by atoms with Crippen molar-refractivity contribution in [3.8, 4) is 0 Å². The quantitative estimate of drug-likeness (QED) is 0.615. The third-order valence-electron chi connectivity index (χ3n) is 6.08. The van der Waals surface area contributed by atoms with Gasteiger partial charge in [0.1, 0.15) is 0 Å². The third-order valence-corrected chi connectivity index (χ3v) is 6.08. The van der Waals surface area contributed by atoms with Crippen LogP contribution in [0.4, 0.5) is 11.4 Å². The highest BCUT2D eigenvalue weighted by molar-refractivity contribution is 6.12. The molecule has 0 atom stereocenters. The highest BCUT2D eigenvalue weighted by atomic mass is 16.2. The topological polar surface area (TPSA) is 92.2 Å². The number of hydrogen-bond donors (Lipinski definition) is 2. The van der Waals surface area contributed by atoms with Gasteiger partial charge in [0.25, 0.3) is 5.91 Å². The number of nitrogens with one attached hydrogen (secondary N) is 2. The van der Waals surface area contributed by atoms with Crippen molar-refractivity contribution >= 4 is 34.2 Å².